The van der Waals surface area contributed by atoms with Crippen molar-refractivity contribution in [2.45, 2.75) is 5.88 Å². The number of alkyl halides is 1. The normalized spacial score (nSPS) is 9.86. The van der Waals surface area contributed by atoms with Crippen molar-refractivity contribution in [1.82, 2.24) is 9.38 Å². The Morgan fingerprint density at radius 3 is 2.93 bits per heavy atom. The number of ether oxygens (including phenoxy) is 1. The molecule has 3 nitrogen and oxygen atoms in total. The minimum Gasteiger partial charge on any atom is -0.482 e. The lowest BCUT2D eigenvalue weighted by Gasteiger charge is -2.01. The van der Waals surface area contributed by atoms with Gasteiger partial charge in [0, 0.05) is 6.20 Å². The van der Waals surface area contributed by atoms with Gasteiger partial charge in [0.25, 0.3) is 0 Å². The molecule has 76 valence electrons. The summed E-state index contributed by atoms with van der Waals surface area (Å²) in [5.41, 5.74) is 1.71. The van der Waals surface area contributed by atoms with Gasteiger partial charge in [-0.3, -0.25) is 4.40 Å². The van der Waals surface area contributed by atoms with E-state index in [-0.39, 0.29) is 12.4 Å². The highest BCUT2D eigenvalue weighted by Gasteiger charge is 2.03. The fraction of sp³-hybridized carbons (Fsp3) is 0.222. The Labute approximate surface area is 93.1 Å². The molecule has 0 radical (unpaired) electrons. The van der Waals surface area contributed by atoms with Crippen LogP contribution < -0.4 is 4.74 Å². The SMILES string of the molecule is COc1cccc2nc(CCl)cn12.Cl. The topological polar surface area (TPSA) is 26.5 Å². The van der Waals surface area contributed by atoms with Gasteiger partial charge in [-0.05, 0) is 12.1 Å². The van der Waals surface area contributed by atoms with Crippen LogP contribution in [-0.4, -0.2) is 16.5 Å². The van der Waals surface area contributed by atoms with Gasteiger partial charge in [0.05, 0.1) is 18.7 Å². The minimum atomic E-state index is 0. The van der Waals surface area contributed by atoms with Crippen LogP contribution in [0.25, 0.3) is 5.65 Å². The number of hydrogen-bond acceptors (Lipinski definition) is 2. The molecule has 0 aliphatic carbocycles. The van der Waals surface area contributed by atoms with Crippen LogP contribution in [0.5, 0.6) is 5.88 Å². The molecule has 2 rings (SSSR count). The molecule has 0 aliphatic heterocycles. The zero-order valence-electron chi connectivity index (χ0n) is 7.61. The third-order valence-electron chi connectivity index (χ3n) is 1.85. The average Bonchev–Trinajstić information content (AvgIpc) is 2.59. The second-order valence-corrected chi connectivity index (χ2v) is 2.93. The van der Waals surface area contributed by atoms with E-state index >= 15 is 0 Å². The highest BCUT2D eigenvalue weighted by Crippen LogP contribution is 2.15. The van der Waals surface area contributed by atoms with Gasteiger partial charge in [0.1, 0.15) is 5.65 Å². The van der Waals surface area contributed by atoms with Crippen molar-refractivity contribution in [3.8, 4) is 5.88 Å². The van der Waals surface area contributed by atoms with Gasteiger partial charge in [-0.2, -0.15) is 0 Å². The van der Waals surface area contributed by atoms with Crippen LogP contribution in [0.15, 0.2) is 24.4 Å². The summed E-state index contributed by atoms with van der Waals surface area (Å²) in [4.78, 5) is 4.29. The van der Waals surface area contributed by atoms with Crippen LogP contribution >= 0.6 is 24.0 Å². The lowest BCUT2D eigenvalue weighted by atomic mass is 10.4. The zero-order chi connectivity index (χ0) is 9.26. The number of nitrogens with zero attached hydrogens (tertiary/aromatic N) is 2. The van der Waals surface area contributed by atoms with Gasteiger partial charge in [-0.25, -0.2) is 4.98 Å². The first-order valence-corrected chi connectivity index (χ1v) is 4.45. The third-order valence-corrected chi connectivity index (χ3v) is 2.12. The Morgan fingerprint density at radius 1 is 1.50 bits per heavy atom. The number of rotatable bonds is 2. The highest BCUT2D eigenvalue weighted by atomic mass is 35.5. The summed E-state index contributed by atoms with van der Waals surface area (Å²) in [6, 6.07) is 5.70. The van der Waals surface area contributed by atoms with E-state index in [2.05, 4.69) is 4.98 Å². The molecule has 0 saturated heterocycles. The van der Waals surface area contributed by atoms with E-state index in [1.807, 2.05) is 28.8 Å². The molecule has 0 saturated carbocycles. The Balaban J connectivity index is 0.000000980. The summed E-state index contributed by atoms with van der Waals surface area (Å²) < 4.78 is 7.04. The monoisotopic (exact) mass is 232 g/mol. The molecular weight excluding hydrogens is 223 g/mol. The van der Waals surface area contributed by atoms with Gasteiger partial charge >= 0.3 is 0 Å². The first-order chi connectivity index (χ1) is 6.35. The lowest BCUT2D eigenvalue weighted by Crippen LogP contribution is -1.91. The van der Waals surface area contributed by atoms with E-state index in [9.17, 15) is 0 Å². The van der Waals surface area contributed by atoms with Crippen LogP contribution in [0.1, 0.15) is 5.69 Å². The zero-order valence-corrected chi connectivity index (χ0v) is 9.18. The fourth-order valence-corrected chi connectivity index (χ4v) is 1.40. The van der Waals surface area contributed by atoms with Gasteiger partial charge in [-0.1, -0.05) is 6.07 Å². The molecule has 2 aromatic heterocycles. The first-order valence-electron chi connectivity index (χ1n) is 3.92. The summed E-state index contributed by atoms with van der Waals surface area (Å²) >= 11 is 5.68. The van der Waals surface area contributed by atoms with E-state index < -0.39 is 0 Å². The molecule has 0 unspecified atom stereocenters. The molecular formula is C9H10Cl2N2O. The summed E-state index contributed by atoms with van der Waals surface area (Å²) in [6.07, 6.45) is 1.88. The Hall–Kier alpha value is -0.930. The van der Waals surface area contributed by atoms with Crippen LogP contribution in [-0.2, 0) is 5.88 Å². The number of methoxy groups -OCH3 is 1. The quantitative estimate of drug-likeness (QED) is 0.745. The van der Waals surface area contributed by atoms with E-state index in [0.29, 0.717) is 5.88 Å². The second kappa shape index (κ2) is 4.53. The highest BCUT2D eigenvalue weighted by molar-refractivity contribution is 6.16. The van der Waals surface area contributed by atoms with E-state index in [1.165, 1.54) is 0 Å². The maximum Gasteiger partial charge on any atom is 0.198 e. The van der Waals surface area contributed by atoms with Crippen molar-refractivity contribution in [1.29, 1.82) is 0 Å². The summed E-state index contributed by atoms with van der Waals surface area (Å²) in [5.74, 6) is 1.19. The Kier molecular flexibility index (Phi) is 3.61. The molecule has 0 N–H and O–H groups in total. The molecule has 2 aromatic rings. The predicted octanol–water partition coefficient (Wildman–Crippen LogP) is 2.50. The van der Waals surface area contributed by atoms with Crippen molar-refractivity contribution in [3.05, 3.63) is 30.1 Å². The molecule has 0 bridgehead atoms. The second-order valence-electron chi connectivity index (χ2n) is 2.66. The van der Waals surface area contributed by atoms with Crippen molar-refractivity contribution >= 4 is 29.7 Å². The number of imidazole rings is 1. The predicted molar refractivity (Wildman–Crippen MR) is 58.5 cm³/mol. The van der Waals surface area contributed by atoms with Gasteiger partial charge in [0.2, 0.25) is 0 Å². The summed E-state index contributed by atoms with van der Waals surface area (Å²) in [5, 5.41) is 0. The average molecular weight is 233 g/mol. The maximum atomic E-state index is 5.68. The summed E-state index contributed by atoms with van der Waals surface area (Å²) in [6.45, 7) is 0. The molecule has 0 fully saturated rings. The number of aromatic nitrogens is 2. The van der Waals surface area contributed by atoms with E-state index in [4.69, 9.17) is 16.3 Å². The van der Waals surface area contributed by atoms with Gasteiger partial charge in [0.15, 0.2) is 5.88 Å². The molecule has 0 atom stereocenters. The van der Waals surface area contributed by atoms with Crippen LogP contribution in [0.2, 0.25) is 0 Å². The van der Waals surface area contributed by atoms with E-state index in [0.717, 1.165) is 17.2 Å². The fourth-order valence-electron chi connectivity index (χ4n) is 1.27. The molecule has 2 heterocycles. The third kappa shape index (κ3) is 1.79. The van der Waals surface area contributed by atoms with Crippen molar-refractivity contribution in [3.63, 3.8) is 0 Å². The van der Waals surface area contributed by atoms with Crippen LogP contribution in [0.4, 0.5) is 0 Å². The van der Waals surface area contributed by atoms with Crippen molar-refractivity contribution in [2.24, 2.45) is 0 Å². The van der Waals surface area contributed by atoms with E-state index in [1.54, 1.807) is 7.11 Å². The molecule has 0 aliphatic rings. The lowest BCUT2D eigenvalue weighted by molar-refractivity contribution is 0.392. The van der Waals surface area contributed by atoms with Crippen molar-refractivity contribution < 1.29 is 4.74 Å². The van der Waals surface area contributed by atoms with Crippen LogP contribution in [0.3, 0.4) is 0 Å². The number of hydrogen-bond donors (Lipinski definition) is 0. The minimum absolute atomic E-state index is 0. The molecule has 5 heteroatoms. The van der Waals surface area contributed by atoms with Crippen LogP contribution in [0, 0.1) is 0 Å². The smallest absolute Gasteiger partial charge is 0.198 e. The van der Waals surface area contributed by atoms with Gasteiger partial charge in [-0.15, -0.1) is 24.0 Å². The first kappa shape index (κ1) is 11.1. The van der Waals surface area contributed by atoms with Gasteiger partial charge < -0.3 is 4.74 Å². The Morgan fingerprint density at radius 2 is 2.29 bits per heavy atom. The molecule has 14 heavy (non-hydrogen) atoms. The molecule has 0 amide bonds. The molecule has 0 aromatic carbocycles. The summed E-state index contributed by atoms with van der Waals surface area (Å²) in [7, 11) is 1.63. The number of pyridine rings is 1. The van der Waals surface area contributed by atoms with Crippen molar-refractivity contribution in [2.75, 3.05) is 7.11 Å². The molecule has 0 spiro atoms. The standard InChI is InChI=1S/C9H9ClN2O.ClH/c1-13-9-4-2-3-8-11-7(5-10)6-12(8)9;/h2-4,6H,5H2,1H3;1H. The number of halogens is 2. The largest absolute Gasteiger partial charge is 0.482 e. The maximum absolute atomic E-state index is 5.68. The number of fused-ring (bicyclic) bond motifs is 1. The Bertz CT molecular complexity index is 428.